The molecule has 0 aliphatic heterocycles. The van der Waals surface area contributed by atoms with E-state index in [0.29, 0.717) is 6.42 Å². The molecule has 5 nitrogen and oxygen atoms in total. The molecule has 0 fully saturated rings. The Morgan fingerprint density at radius 3 is 2.61 bits per heavy atom. The van der Waals surface area contributed by atoms with E-state index in [1.807, 2.05) is 0 Å². The summed E-state index contributed by atoms with van der Waals surface area (Å²) < 4.78 is 36.1. The lowest BCUT2D eigenvalue weighted by molar-refractivity contribution is -0.117. The molecule has 0 spiro atoms. The molecule has 1 aromatic carbocycles. The number of rotatable bonds is 4. The smallest absolute Gasteiger partial charge is 0.241 e. The lowest BCUT2D eigenvalue weighted by atomic mass is 10.2. The molecule has 3 N–H and O–H groups in total. The van der Waals surface area contributed by atoms with Crippen LogP contribution in [0.5, 0.6) is 0 Å². The molecule has 0 saturated carbocycles. The van der Waals surface area contributed by atoms with Crippen LogP contribution in [0.25, 0.3) is 0 Å². The second kappa shape index (κ2) is 5.45. The number of halogens is 1. The summed E-state index contributed by atoms with van der Waals surface area (Å²) in [5.41, 5.74) is 5.30. The molecular weight excluding hydrogens is 259 g/mol. The van der Waals surface area contributed by atoms with Gasteiger partial charge in [-0.15, -0.1) is 0 Å². The van der Waals surface area contributed by atoms with E-state index in [-0.39, 0.29) is 10.6 Å². The summed E-state index contributed by atoms with van der Waals surface area (Å²) in [4.78, 5) is 11.4. The van der Waals surface area contributed by atoms with Gasteiger partial charge in [-0.3, -0.25) is 4.79 Å². The zero-order valence-electron chi connectivity index (χ0n) is 10.1. The number of nitrogens with two attached hydrogens (primary N) is 1. The number of nitrogens with one attached hydrogen (secondary N) is 1. The summed E-state index contributed by atoms with van der Waals surface area (Å²) >= 11 is 0. The molecule has 0 aromatic heterocycles. The van der Waals surface area contributed by atoms with Gasteiger partial charge in [0.25, 0.3) is 0 Å². The number of hydrogen-bond acceptors (Lipinski definition) is 4. The largest absolute Gasteiger partial charge is 0.322 e. The van der Waals surface area contributed by atoms with E-state index in [0.717, 1.165) is 24.5 Å². The first-order valence-electron chi connectivity index (χ1n) is 5.31. The maximum atomic E-state index is 13.4. The standard InChI is InChI=1S/C11H15FN2O3S/c1-3-9(13)11(15)14-10-6-7(18(2,16)17)4-5-8(10)12/h4-6,9H,3,13H2,1-2H3,(H,14,15)/t9-/m0/s1. The van der Waals surface area contributed by atoms with Gasteiger partial charge in [-0.1, -0.05) is 6.92 Å². The molecule has 7 heteroatoms. The summed E-state index contributed by atoms with van der Waals surface area (Å²) in [7, 11) is -3.45. The van der Waals surface area contributed by atoms with Crippen LogP contribution in [0.2, 0.25) is 0 Å². The maximum Gasteiger partial charge on any atom is 0.241 e. The van der Waals surface area contributed by atoms with Crippen LogP contribution in [-0.2, 0) is 14.6 Å². The van der Waals surface area contributed by atoms with E-state index >= 15 is 0 Å². The van der Waals surface area contributed by atoms with Crippen LogP contribution in [0.3, 0.4) is 0 Å². The first-order valence-corrected chi connectivity index (χ1v) is 7.21. The molecular formula is C11H15FN2O3S. The van der Waals surface area contributed by atoms with Crippen molar-refractivity contribution in [3.63, 3.8) is 0 Å². The van der Waals surface area contributed by atoms with E-state index < -0.39 is 27.6 Å². The topological polar surface area (TPSA) is 89.3 Å². The zero-order valence-corrected chi connectivity index (χ0v) is 10.9. The van der Waals surface area contributed by atoms with Gasteiger partial charge in [0.1, 0.15) is 5.82 Å². The third kappa shape index (κ3) is 3.51. The predicted octanol–water partition coefficient (Wildman–Crippen LogP) is 0.905. The first kappa shape index (κ1) is 14.6. The number of sulfone groups is 1. The molecule has 1 aromatic rings. The minimum absolute atomic E-state index is 0.0655. The molecule has 0 aliphatic carbocycles. The fraction of sp³-hybridized carbons (Fsp3) is 0.364. The van der Waals surface area contributed by atoms with Gasteiger partial charge in [0.15, 0.2) is 9.84 Å². The summed E-state index contributed by atoms with van der Waals surface area (Å²) in [5, 5.41) is 2.27. The molecule has 0 bridgehead atoms. The van der Waals surface area contributed by atoms with Crippen LogP contribution < -0.4 is 11.1 Å². The monoisotopic (exact) mass is 274 g/mol. The average molecular weight is 274 g/mol. The molecule has 0 unspecified atom stereocenters. The average Bonchev–Trinajstić information content (AvgIpc) is 2.29. The molecule has 0 radical (unpaired) electrons. The Kier molecular flexibility index (Phi) is 4.42. The normalized spacial score (nSPS) is 13.1. The van der Waals surface area contributed by atoms with Crippen molar-refractivity contribution in [1.82, 2.24) is 0 Å². The fourth-order valence-electron chi connectivity index (χ4n) is 1.24. The quantitative estimate of drug-likeness (QED) is 0.798. The highest BCUT2D eigenvalue weighted by atomic mass is 32.2. The number of anilines is 1. The predicted molar refractivity (Wildman–Crippen MR) is 66.4 cm³/mol. The number of amides is 1. The SMILES string of the molecule is CC[C@H](N)C(=O)Nc1cc(S(C)(=O)=O)ccc1F. The summed E-state index contributed by atoms with van der Waals surface area (Å²) in [6, 6.07) is 2.44. The van der Waals surface area contributed by atoms with Crippen molar-refractivity contribution >= 4 is 21.4 Å². The number of carbonyl (C=O) groups is 1. The minimum atomic E-state index is -3.45. The van der Waals surface area contributed by atoms with Gasteiger partial charge in [0.05, 0.1) is 16.6 Å². The van der Waals surface area contributed by atoms with Crippen LogP contribution in [0.1, 0.15) is 13.3 Å². The number of carbonyl (C=O) groups excluding carboxylic acids is 1. The van der Waals surface area contributed by atoms with Crippen molar-refractivity contribution < 1.29 is 17.6 Å². The van der Waals surface area contributed by atoms with E-state index in [9.17, 15) is 17.6 Å². The van der Waals surface area contributed by atoms with Gasteiger partial charge in [-0.2, -0.15) is 0 Å². The molecule has 0 saturated heterocycles. The Hall–Kier alpha value is -1.47. The molecule has 1 atom stereocenters. The third-order valence-electron chi connectivity index (χ3n) is 2.40. The lowest BCUT2D eigenvalue weighted by Gasteiger charge is -2.11. The van der Waals surface area contributed by atoms with E-state index in [1.54, 1.807) is 6.92 Å². The van der Waals surface area contributed by atoms with Crippen molar-refractivity contribution in [2.45, 2.75) is 24.3 Å². The molecule has 18 heavy (non-hydrogen) atoms. The van der Waals surface area contributed by atoms with Crippen LogP contribution >= 0.6 is 0 Å². The highest BCUT2D eigenvalue weighted by Crippen LogP contribution is 2.19. The van der Waals surface area contributed by atoms with Crippen LogP contribution in [0, 0.1) is 5.82 Å². The Morgan fingerprint density at radius 2 is 2.11 bits per heavy atom. The van der Waals surface area contributed by atoms with Crippen LogP contribution in [0.15, 0.2) is 23.1 Å². The van der Waals surface area contributed by atoms with Crippen LogP contribution in [0.4, 0.5) is 10.1 Å². The van der Waals surface area contributed by atoms with E-state index in [1.165, 1.54) is 0 Å². The summed E-state index contributed by atoms with van der Waals surface area (Å²) in [5.74, 6) is -1.26. The zero-order chi connectivity index (χ0) is 13.9. The van der Waals surface area contributed by atoms with Crippen molar-refractivity contribution in [3.05, 3.63) is 24.0 Å². The van der Waals surface area contributed by atoms with Gasteiger partial charge >= 0.3 is 0 Å². The number of benzene rings is 1. The second-order valence-corrected chi connectivity index (χ2v) is 5.93. The first-order chi connectivity index (χ1) is 8.25. The van der Waals surface area contributed by atoms with Crippen molar-refractivity contribution in [2.24, 2.45) is 5.73 Å². The van der Waals surface area contributed by atoms with E-state index in [2.05, 4.69) is 5.32 Å². The maximum absolute atomic E-state index is 13.4. The molecule has 1 rings (SSSR count). The Labute approximate surface area is 105 Å². The van der Waals surface area contributed by atoms with Gasteiger partial charge in [-0.05, 0) is 24.6 Å². The molecule has 100 valence electrons. The molecule has 0 heterocycles. The highest BCUT2D eigenvalue weighted by Gasteiger charge is 2.16. The van der Waals surface area contributed by atoms with Gasteiger partial charge in [0.2, 0.25) is 5.91 Å². The third-order valence-corrected chi connectivity index (χ3v) is 3.51. The fourth-order valence-corrected chi connectivity index (χ4v) is 1.89. The summed E-state index contributed by atoms with van der Waals surface area (Å²) in [6.07, 6.45) is 1.41. The summed E-state index contributed by atoms with van der Waals surface area (Å²) in [6.45, 7) is 1.72. The van der Waals surface area contributed by atoms with Crippen LogP contribution in [-0.4, -0.2) is 26.6 Å². The Bertz CT molecular complexity index is 557. The van der Waals surface area contributed by atoms with Gasteiger partial charge < -0.3 is 11.1 Å². The lowest BCUT2D eigenvalue weighted by Crippen LogP contribution is -2.35. The van der Waals surface area contributed by atoms with Crippen molar-refractivity contribution in [1.29, 1.82) is 0 Å². The van der Waals surface area contributed by atoms with Gasteiger partial charge in [-0.25, -0.2) is 12.8 Å². The minimum Gasteiger partial charge on any atom is -0.322 e. The van der Waals surface area contributed by atoms with Crippen molar-refractivity contribution in [2.75, 3.05) is 11.6 Å². The van der Waals surface area contributed by atoms with E-state index in [4.69, 9.17) is 5.73 Å². The molecule has 1 amide bonds. The van der Waals surface area contributed by atoms with Crippen molar-refractivity contribution in [3.8, 4) is 0 Å². The second-order valence-electron chi connectivity index (χ2n) is 3.92. The molecule has 0 aliphatic rings. The Morgan fingerprint density at radius 1 is 1.50 bits per heavy atom. The highest BCUT2D eigenvalue weighted by molar-refractivity contribution is 7.90. The Balaban J connectivity index is 3.06. The van der Waals surface area contributed by atoms with Gasteiger partial charge in [0, 0.05) is 6.26 Å². The number of hydrogen-bond donors (Lipinski definition) is 2.